The van der Waals surface area contributed by atoms with Crippen molar-refractivity contribution in [2.24, 2.45) is 0 Å². The van der Waals surface area contributed by atoms with Gasteiger partial charge in [-0.25, -0.2) is 4.98 Å². The van der Waals surface area contributed by atoms with Crippen LogP contribution in [0.2, 0.25) is 0 Å². The predicted molar refractivity (Wildman–Crippen MR) is 97.4 cm³/mol. The number of para-hydroxylation sites is 2. The van der Waals surface area contributed by atoms with Gasteiger partial charge in [-0.3, -0.25) is 4.79 Å². The van der Waals surface area contributed by atoms with Crippen molar-refractivity contribution in [1.82, 2.24) is 9.97 Å². The van der Waals surface area contributed by atoms with Gasteiger partial charge in [-0.15, -0.1) is 0 Å². The van der Waals surface area contributed by atoms with Crippen LogP contribution in [0.5, 0.6) is 0 Å². The summed E-state index contributed by atoms with van der Waals surface area (Å²) in [7, 11) is 0. The molecule has 1 aromatic heterocycles. The number of benzene rings is 2. The second-order valence-electron chi connectivity index (χ2n) is 6.07. The van der Waals surface area contributed by atoms with Crippen LogP contribution in [0.1, 0.15) is 17.0 Å². The van der Waals surface area contributed by atoms with E-state index in [0.29, 0.717) is 11.0 Å². The number of ether oxygens (including phenoxy) is 1. The minimum absolute atomic E-state index is 0.111. The van der Waals surface area contributed by atoms with Crippen molar-refractivity contribution in [2.75, 3.05) is 6.61 Å². The smallest absolute Gasteiger partial charge is 0.416 e. The van der Waals surface area contributed by atoms with Crippen molar-refractivity contribution in [3.05, 3.63) is 71.2 Å². The maximum absolute atomic E-state index is 12.7. The molecule has 0 aliphatic carbocycles. The minimum atomic E-state index is -4.52. The fourth-order valence-corrected chi connectivity index (χ4v) is 2.62. The third-order valence-electron chi connectivity index (χ3n) is 4.00. The van der Waals surface area contributed by atoms with Gasteiger partial charge >= 0.3 is 12.1 Å². The molecule has 0 amide bonds. The van der Waals surface area contributed by atoms with Gasteiger partial charge < -0.3 is 14.8 Å². The highest BCUT2D eigenvalue weighted by Gasteiger charge is 2.30. The van der Waals surface area contributed by atoms with E-state index >= 15 is 0 Å². The number of allylic oxidation sites excluding steroid dienone is 1. The monoisotopic (exact) mass is 401 g/mol. The lowest BCUT2D eigenvalue weighted by molar-refractivity contribution is -0.143. The van der Waals surface area contributed by atoms with Crippen molar-refractivity contribution in [3.63, 3.8) is 0 Å². The molecule has 2 aromatic carbocycles. The zero-order valence-electron chi connectivity index (χ0n) is 14.8. The number of aliphatic hydroxyl groups excluding tert-OH is 1. The number of rotatable bonds is 5. The first-order chi connectivity index (χ1) is 13.8. The zero-order chi connectivity index (χ0) is 21.0. The number of alkyl halides is 3. The lowest BCUT2D eigenvalue weighted by Gasteiger charge is -2.09. The van der Waals surface area contributed by atoms with Crippen LogP contribution in [0.15, 0.2) is 54.3 Å². The molecule has 0 aliphatic rings. The summed E-state index contributed by atoms with van der Waals surface area (Å²) in [6, 6.07) is 13.1. The standard InChI is InChI=1S/C20H14F3N3O3/c21-20(22,23)13-5-3-4-12(8-13)9-18(28)29-11-17(27)14(10-24)19-25-15-6-1-2-7-16(15)26-19/h1-8,27H,9,11H2,(H,25,26). The number of aromatic amines is 1. The second-order valence-corrected chi connectivity index (χ2v) is 6.07. The molecule has 0 unspecified atom stereocenters. The van der Waals surface area contributed by atoms with Gasteiger partial charge in [0.05, 0.1) is 23.0 Å². The number of hydrogen-bond donors (Lipinski definition) is 2. The molecule has 29 heavy (non-hydrogen) atoms. The molecule has 0 fully saturated rings. The topological polar surface area (TPSA) is 99.0 Å². The maximum atomic E-state index is 12.7. The van der Waals surface area contributed by atoms with Crippen molar-refractivity contribution in [2.45, 2.75) is 12.6 Å². The van der Waals surface area contributed by atoms with Crippen molar-refractivity contribution < 1.29 is 27.8 Å². The number of aliphatic hydroxyl groups is 1. The number of carbonyl (C=O) groups excluding carboxylic acids is 1. The van der Waals surface area contributed by atoms with Crippen LogP contribution in [0.3, 0.4) is 0 Å². The van der Waals surface area contributed by atoms with E-state index in [2.05, 4.69) is 9.97 Å². The van der Waals surface area contributed by atoms with E-state index in [-0.39, 0.29) is 17.0 Å². The number of aromatic nitrogens is 2. The Morgan fingerprint density at radius 2 is 1.97 bits per heavy atom. The number of carbonyl (C=O) groups is 1. The maximum Gasteiger partial charge on any atom is 0.416 e. The molecule has 9 heteroatoms. The number of hydrogen-bond acceptors (Lipinski definition) is 5. The second kappa shape index (κ2) is 8.06. The molecule has 2 N–H and O–H groups in total. The van der Waals surface area contributed by atoms with Crippen LogP contribution < -0.4 is 0 Å². The lowest BCUT2D eigenvalue weighted by Crippen LogP contribution is -2.12. The summed E-state index contributed by atoms with van der Waals surface area (Å²) >= 11 is 0. The number of nitrogens with one attached hydrogen (secondary N) is 1. The Labute approximate surface area is 162 Å². The van der Waals surface area contributed by atoms with E-state index in [0.717, 1.165) is 12.1 Å². The SMILES string of the molecule is N#CC(=C(O)COC(=O)Cc1cccc(C(F)(F)F)c1)c1nc2ccccc2[nH]1. The van der Waals surface area contributed by atoms with Crippen LogP contribution in [0.4, 0.5) is 13.2 Å². The van der Waals surface area contributed by atoms with Gasteiger partial charge in [0, 0.05) is 0 Å². The highest BCUT2D eigenvalue weighted by Crippen LogP contribution is 2.29. The summed E-state index contributed by atoms with van der Waals surface area (Å²) in [6.07, 6.45) is -4.93. The van der Waals surface area contributed by atoms with Gasteiger partial charge in [-0.05, 0) is 23.8 Å². The van der Waals surface area contributed by atoms with Gasteiger partial charge in [0.2, 0.25) is 0 Å². The van der Waals surface area contributed by atoms with Crippen LogP contribution in [0.25, 0.3) is 16.6 Å². The van der Waals surface area contributed by atoms with E-state index in [4.69, 9.17) is 4.74 Å². The molecule has 3 aromatic rings. The molecule has 0 saturated heterocycles. The molecule has 0 bridgehead atoms. The Morgan fingerprint density at radius 3 is 2.66 bits per heavy atom. The molecule has 0 spiro atoms. The summed E-state index contributed by atoms with van der Waals surface area (Å²) in [5.41, 5.74) is 0.288. The third kappa shape index (κ3) is 4.73. The third-order valence-corrected chi connectivity index (χ3v) is 4.00. The number of nitriles is 1. The largest absolute Gasteiger partial charge is 0.507 e. The fraction of sp³-hybridized carbons (Fsp3) is 0.150. The number of imidazole rings is 1. The van der Waals surface area contributed by atoms with Crippen molar-refractivity contribution >= 4 is 22.6 Å². The van der Waals surface area contributed by atoms with Crippen LogP contribution in [0, 0.1) is 11.3 Å². The molecular weight excluding hydrogens is 387 g/mol. The van der Waals surface area contributed by atoms with Crippen LogP contribution in [-0.2, 0) is 22.1 Å². The van der Waals surface area contributed by atoms with E-state index in [1.807, 2.05) is 0 Å². The number of nitrogens with zero attached hydrogens (tertiary/aromatic N) is 2. The quantitative estimate of drug-likeness (QED) is 0.380. The van der Waals surface area contributed by atoms with Gasteiger partial charge in [-0.2, -0.15) is 18.4 Å². The first-order valence-electron chi connectivity index (χ1n) is 8.37. The first kappa shape index (κ1) is 19.9. The highest BCUT2D eigenvalue weighted by atomic mass is 19.4. The van der Waals surface area contributed by atoms with Crippen molar-refractivity contribution in [3.8, 4) is 6.07 Å². The molecule has 1 heterocycles. The van der Waals surface area contributed by atoms with Crippen LogP contribution >= 0.6 is 0 Å². The van der Waals surface area contributed by atoms with Gasteiger partial charge in [0.25, 0.3) is 0 Å². The average Bonchev–Trinajstić information content (AvgIpc) is 3.10. The molecule has 0 radical (unpaired) electrons. The summed E-state index contributed by atoms with van der Waals surface area (Å²) < 4.78 is 43.1. The fourth-order valence-electron chi connectivity index (χ4n) is 2.62. The lowest BCUT2D eigenvalue weighted by atomic mass is 10.1. The molecule has 6 nitrogen and oxygen atoms in total. The number of H-pyrrole nitrogens is 1. The predicted octanol–water partition coefficient (Wildman–Crippen LogP) is 4.16. The van der Waals surface area contributed by atoms with Gasteiger partial charge in [0.15, 0.2) is 11.6 Å². The Morgan fingerprint density at radius 1 is 1.21 bits per heavy atom. The number of fused-ring (bicyclic) bond motifs is 1. The zero-order valence-corrected chi connectivity index (χ0v) is 14.8. The average molecular weight is 401 g/mol. The van der Waals surface area contributed by atoms with Gasteiger partial charge in [-0.1, -0.05) is 30.3 Å². The van der Waals surface area contributed by atoms with E-state index in [1.165, 1.54) is 12.1 Å². The molecule has 148 valence electrons. The minimum Gasteiger partial charge on any atom is -0.507 e. The van der Waals surface area contributed by atoms with E-state index in [1.54, 1.807) is 30.3 Å². The summed E-state index contributed by atoms with van der Waals surface area (Å²) in [5, 5.41) is 19.4. The van der Waals surface area contributed by atoms with E-state index in [9.17, 15) is 28.3 Å². The highest BCUT2D eigenvalue weighted by molar-refractivity contribution is 5.83. The van der Waals surface area contributed by atoms with Crippen LogP contribution in [-0.4, -0.2) is 27.7 Å². The first-order valence-corrected chi connectivity index (χ1v) is 8.37. The van der Waals surface area contributed by atoms with E-state index < -0.39 is 36.5 Å². The number of esters is 1. The van der Waals surface area contributed by atoms with Gasteiger partial charge in [0.1, 0.15) is 18.2 Å². The Hall–Kier alpha value is -3.80. The number of halogens is 3. The summed E-state index contributed by atoms with van der Waals surface area (Å²) in [6.45, 7) is -0.613. The molecular formula is C20H14F3N3O3. The molecule has 3 rings (SSSR count). The normalized spacial score (nSPS) is 12.3. The Bertz CT molecular complexity index is 1090. The summed E-state index contributed by atoms with van der Waals surface area (Å²) in [5.74, 6) is -1.26. The van der Waals surface area contributed by atoms with Crippen molar-refractivity contribution in [1.29, 1.82) is 5.26 Å². The summed E-state index contributed by atoms with van der Waals surface area (Å²) in [4.78, 5) is 19.0. The molecule has 0 saturated carbocycles. The molecule has 0 atom stereocenters. The molecule has 0 aliphatic heterocycles. The Kier molecular flexibility index (Phi) is 5.54. The Balaban J connectivity index is 1.69.